The molecule has 0 bridgehead atoms. The largest absolute Gasteiger partial charge is 0.342 e. The fourth-order valence-corrected chi connectivity index (χ4v) is 4.84. The van der Waals surface area contributed by atoms with Crippen LogP contribution in [-0.2, 0) is 17.8 Å². The minimum Gasteiger partial charge on any atom is -0.342 e. The molecule has 0 aliphatic heterocycles. The molecule has 0 aliphatic rings. The second-order valence-corrected chi connectivity index (χ2v) is 8.74. The highest BCUT2D eigenvalue weighted by atomic mass is 32.2. The van der Waals surface area contributed by atoms with Crippen molar-refractivity contribution in [2.75, 3.05) is 5.75 Å². The highest BCUT2D eigenvalue weighted by Gasteiger charge is 2.20. The predicted octanol–water partition coefficient (Wildman–Crippen LogP) is 4.34. The van der Waals surface area contributed by atoms with Crippen molar-refractivity contribution >= 4 is 29.0 Å². The van der Waals surface area contributed by atoms with E-state index in [0.717, 1.165) is 28.1 Å². The maximum Gasteiger partial charge on any atom is 0.231 e. The first-order valence-corrected chi connectivity index (χ1v) is 11.9. The van der Waals surface area contributed by atoms with Gasteiger partial charge in [-0.3, -0.25) is 4.79 Å². The van der Waals surface area contributed by atoms with Crippen LogP contribution in [0.2, 0.25) is 0 Å². The van der Waals surface area contributed by atoms with Gasteiger partial charge in [-0.2, -0.15) is 0 Å². The van der Waals surface area contributed by atoms with Gasteiger partial charge in [0.05, 0.1) is 5.75 Å². The van der Waals surface area contributed by atoms with Gasteiger partial charge in [-0.1, -0.05) is 72.4 Å². The monoisotopic (exact) mass is 449 g/mol. The van der Waals surface area contributed by atoms with Gasteiger partial charge in [0.25, 0.3) is 0 Å². The van der Waals surface area contributed by atoms with Crippen LogP contribution in [0, 0.1) is 0 Å². The first-order valence-electron chi connectivity index (χ1n) is 10.1. The van der Waals surface area contributed by atoms with Gasteiger partial charge >= 0.3 is 0 Å². The van der Waals surface area contributed by atoms with Gasteiger partial charge < -0.3 is 9.88 Å². The van der Waals surface area contributed by atoms with Crippen LogP contribution in [0.4, 0.5) is 0 Å². The van der Waals surface area contributed by atoms with E-state index in [1.807, 2.05) is 53.9 Å². The molecule has 0 aliphatic carbocycles. The number of carbonyl (C=O) groups is 1. The maximum absolute atomic E-state index is 12.8. The Bertz CT molecular complexity index is 1100. The smallest absolute Gasteiger partial charge is 0.231 e. The van der Waals surface area contributed by atoms with Crippen LogP contribution in [-0.4, -0.2) is 31.4 Å². The molecule has 1 atom stereocenters. The number of thiazole rings is 1. The molecular weight excluding hydrogens is 426 g/mol. The highest BCUT2D eigenvalue weighted by Crippen LogP contribution is 2.24. The van der Waals surface area contributed by atoms with E-state index in [1.165, 1.54) is 28.7 Å². The van der Waals surface area contributed by atoms with E-state index in [0.29, 0.717) is 6.42 Å². The van der Waals surface area contributed by atoms with Crippen molar-refractivity contribution in [1.82, 2.24) is 25.1 Å². The molecule has 0 saturated carbocycles. The summed E-state index contributed by atoms with van der Waals surface area (Å²) in [5, 5.41) is 15.4. The number of amides is 1. The lowest BCUT2D eigenvalue weighted by molar-refractivity contribution is -0.119. The summed E-state index contributed by atoms with van der Waals surface area (Å²) in [6.45, 7) is 2.82. The molecule has 0 spiro atoms. The number of nitrogens with zero attached hydrogens (tertiary/aromatic N) is 4. The molecule has 4 rings (SSSR count). The molecule has 0 saturated heterocycles. The third kappa shape index (κ3) is 5.39. The quantitative estimate of drug-likeness (QED) is 0.385. The Morgan fingerprint density at radius 3 is 2.52 bits per heavy atom. The van der Waals surface area contributed by atoms with Gasteiger partial charge in [0.15, 0.2) is 5.16 Å². The normalized spacial score (nSPS) is 11.9. The third-order valence-electron chi connectivity index (χ3n) is 4.78. The Balaban J connectivity index is 1.42. The van der Waals surface area contributed by atoms with Crippen LogP contribution in [0.3, 0.4) is 0 Å². The minimum absolute atomic E-state index is 0.0654. The molecule has 6 nitrogen and oxygen atoms in total. The summed E-state index contributed by atoms with van der Waals surface area (Å²) in [5.74, 6) is 1.10. The van der Waals surface area contributed by atoms with Crippen LogP contribution in [0.5, 0.6) is 0 Å². The number of aromatic nitrogens is 4. The zero-order chi connectivity index (χ0) is 21.5. The summed E-state index contributed by atoms with van der Waals surface area (Å²) < 4.78 is 2.07. The van der Waals surface area contributed by atoms with Crippen molar-refractivity contribution in [3.63, 3.8) is 0 Å². The lowest BCUT2D eigenvalue weighted by atomic mass is 10.1. The average Bonchev–Trinajstić information content (AvgIpc) is 3.47. The molecule has 158 valence electrons. The van der Waals surface area contributed by atoms with Gasteiger partial charge in [-0.25, -0.2) is 4.98 Å². The minimum atomic E-state index is -0.257. The van der Waals surface area contributed by atoms with E-state index in [1.54, 1.807) is 6.20 Å². The Kier molecular flexibility index (Phi) is 7.11. The van der Waals surface area contributed by atoms with Crippen molar-refractivity contribution in [3.8, 4) is 0 Å². The molecule has 4 aromatic rings. The van der Waals surface area contributed by atoms with Crippen LogP contribution < -0.4 is 5.32 Å². The average molecular weight is 450 g/mol. The number of rotatable bonds is 9. The molecule has 31 heavy (non-hydrogen) atoms. The first-order chi connectivity index (χ1) is 15.2. The molecule has 1 amide bonds. The summed E-state index contributed by atoms with van der Waals surface area (Å²) >= 11 is 2.94. The van der Waals surface area contributed by atoms with Crippen molar-refractivity contribution in [2.45, 2.75) is 31.1 Å². The van der Waals surface area contributed by atoms with Gasteiger partial charge in [0.2, 0.25) is 5.91 Å². The number of benzene rings is 2. The zero-order valence-electron chi connectivity index (χ0n) is 17.1. The van der Waals surface area contributed by atoms with Crippen molar-refractivity contribution in [2.24, 2.45) is 0 Å². The van der Waals surface area contributed by atoms with E-state index < -0.39 is 0 Å². The number of carbonyl (C=O) groups excluding carboxylic acids is 1. The predicted molar refractivity (Wildman–Crippen MR) is 124 cm³/mol. The SMILES string of the molecule is CCn1c(Cc2ccccc2)nnc1SCC(=O)NC(c1ccccc1)c1nccs1. The van der Waals surface area contributed by atoms with E-state index >= 15 is 0 Å². The fraction of sp³-hybridized carbons (Fsp3) is 0.217. The maximum atomic E-state index is 12.8. The van der Waals surface area contributed by atoms with Gasteiger partial charge in [0, 0.05) is 24.5 Å². The zero-order valence-corrected chi connectivity index (χ0v) is 18.8. The van der Waals surface area contributed by atoms with Gasteiger partial charge in [0.1, 0.15) is 16.9 Å². The summed E-state index contributed by atoms with van der Waals surface area (Å²) in [6.07, 6.45) is 2.48. The Hall–Kier alpha value is -2.97. The second-order valence-electron chi connectivity index (χ2n) is 6.88. The number of hydrogen-bond donors (Lipinski definition) is 1. The van der Waals surface area contributed by atoms with Crippen LogP contribution in [0.25, 0.3) is 0 Å². The summed E-state index contributed by atoms with van der Waals surface area (Å²) in [4.78, 5) is 17.2. The second kappa shape index (κ2) is 10.4. The first kappa shape index (κ1) is 21.3. The number of nitrogens with one attached hydrogen (secondary N) is 1. The lowest BCUT2D eigenvalue weighted by Crippen LogP contribution is -2.30. The summed E-state index contributed by atoms with van der Waals surface area (Å²) in [5.41, 5.74) is 2.20. The number of hydrogen-bond acceptors (Lipinski definition) is 6. The van der Waals surface area contributed by atoms with Crippen molar-refractivity contribution in [1.29, 1.82) is 0 Å². The molecule has 2 aromatic carbocycles. The molecule has 8 heteroatoms. The van der Waals surface area contributed by atoms with E-state index in [-0.39, 0.29) is 17.7 Å². The van der Waals surface area contributed by atoms with Crippen LogP contribution >= 0.6 is 23.1 Å². The van der Waals surface area contributed by atoms with E-state index in [2.05, 4.69) is 44.1 Å². The Morgan fingerprint density at radius 1 is 1.10 bits per heavy atom. The Labute approximate surface area is 189 Å². The van der Waals surface area contributed by atoms with Crippen molar-refractivity contribution < 1.29 is 4.79 Å². The molecule has 0 fully saturated rings. The molecular formula is C23H23N5OS2. The summed E-state index contributed by atoms with van der Waals surface area (Å²) in [7, 11) is 0. The van der Waals surface area contributed by atoms with Crippen LogP contribution in [0.15, 0.2) is 77.4 Å². The molecule has 1 unspecified atom stereocenters. The summed E-state index contributed by atoms with van der Waals surface area (Å²) in [6, 6.07) is 19.9. The topological polar surface area (TPSA) is 72.7 Å². The molecule has 2 aromatic heterocycles. The van der Waals surface area contributed by atoms with E-state index in [4.69, 9.17) is 0 Å². The van der Waals surface area contributed by atoms with Gasteiger partial charge in [-0.15, -0.1) is 21.5 Å². The molecule has 0 radical (unpaired) electrons. The highest BCUT2D eigenvalue weighted by molar-refractivity contribution is 7.99. The van der Waals surface area contributed by atoms with E-state index in [9.17, 15) is 4.79 Å². The molecule has 2 heterocycles. The van der Waals surface area contributed by atoms with Crippen molar-refractivity contribution in [3.05, 3.63) is 94.2 Å². The lowest BCUT2D eigenvalue weighted by Gasteiger charge is -2.17. The fourth-order valence-electron chi connectivity index (χ4n) is 3.30. The van der Waals surface area contributed by atoms with Gasteiger partial charge in [-0.05, 0) is 18.1 Å². The third-order valence-corrected chi connectivity index (χ3v) is 6.59. The molecule has 1 N–H and O–H groups in total. The Morgan fingerprint density at radius 2 is 1.84 bits per heavy atom. The number of thioether (sulfide) groups is 1. The van der Waals surface area contributed by atoms with Crippen LogP contribution in [0.1, 0.15) is 34.9 Å². The standard InChI is InChI=1S/C23H23N5OS2/c1-2-28-19(15-17-9-5-3-6-10-17)26-27-23(28)31-16-20(29)25-21(22-24-13-14-30-22)18-11-7-4-8-12-18/h3-14,21H,2,15-16H2,1H3,(H,25,29).